The fourth-order valence-electron chi connectivity index (χ4n) is 3.00. The second-order valence-electron chi connectivity index (χ2n) is 7.55. The predicted octanol–water partition coefficient (Wildman–Crippen LogP) is 0.868. The number of hydrogen-bond donors (Lipinski definition) is 3. The van der Waals surface area contributed by atoms with Crippen LogP contribution in [0, 0.1) is 0 Å². The molecular formula is C22H29N5O6S. The Morgan fingerprint density at radius 1 is 1.18 bits per heavy atom. The lowest BCUT2D eigenvalue weighted by atomic mass is 10.1. The molecule has 34 heavy (non-hydrogen) atoms. The Hall–Kier alpha value is -3.41. The van der Waals surface area contributed by atoms with Crippen molar-refractivity contribution < 1.29 is 29.0 Å². The first-order valence-corrected chi connectivity index (χ1v) is 11.5. The summed E-state index contributed by atoms with van der Waals surface area (Å²) in [4.78, 5) is 57.0. The van der Waals surface area contributed by atoms with Gasteiger partial charge in [-0.05, 0) is 25.5 Å². The first-order valence-electron chi connectivity index (χ1n) is 10.6. The summed E-state index contributed by atoms with van der Waals surface area (Å²) in [7, 11) is 3.05. The Morgan fingerprint density at radius 3 is 2.44 bits per heavy atom. The molecule has 1 aliphatic rings. The molecule has 1 saturated heterocycles. The van der Waals surface area contributed by atoms with Crippen molar-refractivity contribution in [2.45, 2.75) is 37.5 Å². The molecule has 0 aliphatic carbocycles. The predicted molar refractivity (Wildman–Crippen MR) is 129 cm³/mol. The zero-order valence-electron chi connectivity index (χ0n) is 19.3. The third kappa shape index (κ3) is 7.58. The highest BCUT2D eigenvalue weighted by Crippen LogP contribution is 2.31. The first kappa shape index (κ1) is 26.8. The van der Waals surface area contributed by atoms with E-state index in [1.807, 2.05) is 6.92 Å². The number of carboxylic acids is 1. The molecule has 1 fully saturated rings. The Bertz CT molecular complexity index is 979. The van der Waals surface area contributed by atoms with Crippen molar-refractivity contribution >= 4 is 46.5 Å². The molecule has 1 aromatic rings. The summed E-state index contributed by atoms with van der Waals surface area (Å²) in [5.41, 5.74) is 6.89. The Labute approximate surface area is 201 Å². The highest BCUT2D eigenvalue weighted by molar-refractivity contribution is 8.15. The van der Waals surface area contributed by atoms with Crippen LogP contribution in [0.2, 0.25) is 0 Å². The third-order valence-electron chi connectivity index (χ3n) is 5.15. The Balaban J connectivity index is 1.99. The smallest absolute Gasteiger partial charge is 0.307 e. The molecule has 0 saturated carbocycles. The molecule has 4 N–H and O–H groups in total. The van der Waals surface area contributed by atoms with E-state index >= 15 is 0 Å². The SMILES string of the molecule is COC(=O)CCNC(=O)C1SC(=NC(=O)c2ccc(C(N)=NCCCC(=O)O)cc2)N(C)C1C. The van der Waals surface area contributed by atoms with Gasteiger partial charge in [0.1, 0.15) is 11.1 Å². The van der Waals surface area contributed by atoms with E-state index in [1.54, 1.807) is 36.2 Å². The molecular weight excluding hydrogens is 462 g/mol. The number of aliphatic carboxylic acids is 1. The number of carbonyl (C=O) groups is 4. The summed E-state index contributed by atoms with van der Waals surface area (Å²) in [5.74, 6) is -1.74. The normalized spacial score (nSPS) is 19.2. The number of rotatable bonds is 10. The fraction of sp³-hybridized carbons (Fsp3) is 0.455. The van der Waals surface area contributed by atoms with E-state index in [2.05, 4.69) is 20.0 Å². The second-order valence-corrected chi connectivity index (χ2v) is 8.66. The van der Waals surface area contributed by atoms with Gasteiger partial charge in [0.05, 0.1) is 13.5 Å². The number of carbonyl (C=O) groups excluding carboxylic acids is 3. The first-order chi connectivity index (χ1) is 16.1. The van der Waals surface area contributed by atoms with Crippen LogP contribution in [0.15, 0.2) is 34.3 Å². The van der Waals surface area contributed by atoms with E-state index in [0.717, 1.165) is 0 Å². The van der Waals surface area contributed by atoms with Crippen molar-refractivity contribution in [1.82, 2.24) is 10.2 Å². The summed E-state index contributed by atoms with van der Waals surface area (Å²) in [5, 5.41) is 11.3. The number of aliphatic imine (C=N–C) groups is 2. The van der Waals surface area contributed by atoms with Gasteiger partial charge >= 0.3 is 11.9 Å². The number of thioether (sulfide) groups is 1. The number of amides is 2. The Morgan fingerprint density at radius 2 is 1.82 bits per heavy atom. The van der Waals surface area contributed by atoms with Crippen LogP contribution in [0.25, 0.3) is 0 Å². The van der Waals surface area contributed by atoms with Crippen LogP contribution < -0.4 is 11.1 Å². The Kier molecular flexibility index (Phi) is 10.0. The van der Waals surface area contributed by atoms with Gasteiger partial charge in [-0.25, -0.2) is 0 Å². The number of benzene rings is 1. The van der Waals surface area contributed by atoms with Crippen molar-refractivity contribution in [1.29, 1.82) is 0 Å². The maximum absolute atomic E-state index is 12.7. The monoisotopic (exact) mass is 491 g/mol. The van der Waals surface area contributed by atoms with Gasteiger partial charge in [0, 0.05) is 43.7 Å². The zero-order valence-corrected chi connectivity index (χ0v) is 20.1. The number of ether oxygens (including phenoxy) is 1. The van der Waals surface area contributed by atoms with Gasteiger partial charge in [-0.2, -0.15) is 4.99 Å². The third-order valence-corrected chi connectivity index (χ3v) is 6.61. The van der Waals surface area contributed by atoms with Gasteiger partial charge in [0.15, 0.2) is 5.17 Å². The largest absolute Gasteiger partial charge is 0.481 e. The topological polar surface area (TPSA) is 164 Å². The quantitative estimate of drug-likeness (QED) is 0.186. The van der Waals surface area contributed by atoms with Gasteiger partial charge in [-0.15, -0.1) is 0 Å². The molecule has 0 bridgehead atoms. The summed E-state index contributed by atoms with van der Waals surface area (Å²) < 4.78 is 4.56. The van der Waals surface area contributed by atoms with Crippen LogP contribution in [0.4, 0.5) is 0 Å². The number of amidine groups is 2. The molecule has 184 valence electrons. The van der Waals surface area contributed by atoms with Gasteiger partial charge in [0.2, 0.25) is 5.91 Å². The minimum Gasteiger partial charge on any atom is -0.481 e. The molecule has 2 amide bonds. The summed E-state index contributed by atoms with van der Waals surface area (Å²) >= 11 is 1.19. The summed E-state index contributed by atoms with van der Waals surface area (Å²) in [6.45, 7) is 2.33. The fourth-order valence-corrected chi connectivity index (χ4v) is 4.26. The number of nitrogens with two attached hydrogens (primary N) is 1. The number of nitrogens with zero attached hydrogens (tertiary/aromatic N) is 3. The van der Waals surface area contributed by atoms with E-state index < -0.39 is 23.1 Å². The van der Waals surface area contributed by atoms with Crippen LogP contribution in [-0.4, -0.2) is 83.3 Å². The average molecular weight is 492 g/mol. The zero-order chi connectivity index (χ0) is 25.3. The van der Waals surface area contributed by atoms with Crippen LogP contribution in [0.1, 0.15) is 42.1 Å². The number of hydrogen-bond acceptors (Lipinski definition) is 7. The molecule has 0 aromatic heterocycles. The van der Waals surface area contributed by atoms with E-state index in [0.29, 0.717) is 29.3 Å². The number of esters is 1. The lowest BCUT2D eigenvalue weighted by Gasteiger charge is -2.19. The summed E-state index contributed by atoms with van der Waals surface area (Å²) in [6, 6.07) is 6.27. The van der Waals surface area contributed by atoms with E-state index in [1.165, 1.54) is 18.9 Å². The summed E-state index contributed by atoms with van der Waals surface area (Å²) in [6.07, 6.45) is 0.487. The molecule has 11 nitrogen and oxygen atoms in total. The van der Waals surface area contributed by atoms with E-state index in [-0.39, 0.29) is 37.2 Å². The lowest BCUT2D eigenvalue weighted by Crippen LogP contribution is -2.41. The standard InChI is InChI=1S/C22H29N5O6S/c1-13-18(21(32)25-12-10-17(30)33-3)34-22(27(13)2)26-20(31)15-8-6-14(7-9-15)19(23)24-11-4-5-16(28)29/h6-9,13,18H,4-5,10-12H2,1-3H3,(H2,23,24)(H,25,32)(H,28,29). The highest BCUT2D eigenvalue weighted by Gasteiger charge is 2.39. The minimum atomic E-state index is -0.885. The second kappa shape index (κ2) is 12.7. The van der Waals surface area contributed by atoms with Crippen LogP contribution in [-0.2, 0) is 19.1 Å². The van der Waals surface area contributed by atoms with Crippen LogP contribution in [0.5, 0.6) is 0 Å². The van der Waals surface area contributed by atoms with E-state index in [9.17, 15) is 19.2 Å². The molecule has 1 aromatic carbocycles. The average Bonchev–Trinajstić information content (AvgIpc) is 3.09. The molecule has 2 rings (SSSR count). The molecule has 0 radical (unpaired) electrons. The van der Waals surface area contributed by atoms with Crippen LogP contribution in [0.3, 0.4) is 0 Å². The van der Waals surface area contributed by atoms with Gasteiger partial charge in [-0.3, -0.25) is 24.2 Å². The van der Waals surface area contributed by atoms with E-state index in [4.69, 9.17) is 10.8 Å². The van der Waals surface area contributed by atoms with Gasteiger partial charge in [-0.1, -0.05) is 23.9 Å². The van der Waals surface area contributed by atoms with Crippen molar-refractivity contribution in [3.63, 3.8) is 0 Å². The number of nitrogens with one attached hydrogen (secondary N) is 1. The number of methoxy groups -OCH3 is 1. The maximum Gasteiger partial charge on any atom is 0.307 e. The van der Waals surface area contributed by atoms with Crippen LogP contribution >= 0.6 is 11.8 Å². The minimum absolute atomic E-state index is 0.0195. The number of carboxylic acid groups (broad SMARTS) is 1. The highest BCUT2D eigenvalue weighted by atomic mass is 32.2. The van der Waals surface area contributed by atoms with Gasteiger partial charge in [0.25, 0.3) is 5.91 Å². The van der Waals surface area contributed by atoms with Crippen molar-refractivity contribution in [3.05, 3.63) is 35.4 Å². The molecule has 1 heterocycles. The van der Waals surface area contributed by atoms with Crippen molar-refractivity contribution in [3.8, 4) is 0 Å². The molecule has 2 unspecified atom stereocenters. The lowest BCUT2D eigenvalue weighted by molar-refractivity contribution is -0.140. The molecule has 2 atom stereocenters. The molecule has 0 spiro atoms. The molecule has 1 aliphatic heterocycles. The maximum atomic E-state index is 12.7. The van der Waals surface area contributed by atoms with Crippen molar-refractivity contribution in [2.75, 3.05) is 27.2 Å². The molecule has 12 heteroatoms. The van der Waals surface area contributed by atoms with Crippen molar-refractivity contribution in [2.24, 2.45) is 15.7 Å². The van der Waals surface area contributed by atoms with Gasteiger partial charge < -0.3 is 25.8 Å².